The highest BCUT2D eigenvalue weighted by atomic mass is 127. The molecule has 0 aliphatic carbocycles. The zero-order valence-electron chi connectivity index (χ0n) is 16.5. The molecule has 2 N–H and O–H groups in total. The van der Waals surface area contributed by atoms with Crippen LogP contribution in [0.2, 0.25) is 0 Å². The number of anilines is 1. The minimum Gasteiger partial charge on any atom is -0.377 e. The molecule has 26 heavy (non-hydrogen) atoms. The molecule has 1 heterocycles. The number of nitrogens with zero attached hydrogens (tertiary/aromatic N) is 3. The normalized spacial score (nSPS) is 11.1. The van der Waals surface area contributed by atoms with Gasteiger partial charge in [-0.2, -0.15) is 0 Å². The molecule has 0 bridgehead atoms. The van der Waals surface area contributed by atoms with E-state index in [1.165, 1.54) is 26.7 Å². The van der Waals surface area contributed by atoms with Crippen LogP contribution in [-0.2, 0) is 13.0 Å². The van der Waals surface area contributed by atoms with Gasteiger partial charge < -0.3 is 15.5 Å². The van der Waals surface area contributed by atoms with Gasteiger partial charge in [-0.05, 0) is 38.0 Å². The number of rotatable bonds is 6. The molecule has 0 saturated carbocycles. The van der Waals surface area contributed by atoms with E-state index in [-0.39, 0.29) is 24.0 Å². The second kappa shape index (κ2) is 10.7. The predicted octanol–water partition coefficient (Wildman–Crippen LogP) is 3.66. The summed E-state index contributed by atoms with van der Waals surface area (Å²) < 4.78 is 0. The van der Waals surface area contributed by atoms with Gasteiger partial charge in [-0.3, -0.25) is 4.99 Å². The van der Waals surface area contributed by atoms with Crippen molar-refractivity contribution in [3.63, 3.8) is 0 Å². The van der Waals surface area contributed by atoms with Crippen molar-refractivity contribution in [3.8, 4) is 0 Å². The summed E-state index contributed by atoms with van der Waals surface area (Å²) in [5, 5.41) is 7.94. The quantitative estimate of drug-likeness (QED) is 0.371. The molecular weight excluding hydrogens is 457 g/mol. The standard InChI is InChI=1S/C19H29N5S.HI/c1-13-7-8-16(17(11-13)24(5)6)12-22-19(20-4)21-10-9-18-23-14(2)15(3)25-18;/h7-8,11H,9-10,12H2,1-6H3,(H2,20,21,22);1H. The van der Waals surface area contributed by atoms with Crippen molar-refractivity contribution in [2.45, 2.75) is 33.7 Å². The number of benzene rings is 1. The van der Waals surface area contributed by atoms with Crippen LogP contribution in [0.15, 0.2) is 23.2 Å². The summed E-state index contributed by atoms with van der Waals surface area (Å²) in [6.07, 6.45) is 0.910. The lowest BCUT2D eigenvalue weighted by molar-refractivity contribution is 0.789. The van der Waals surface area contributed by atoms with Gasteiger partial charge in [-0.15, -0.1) is 35.3 Å². The van der Waals surface area contributed by atoms with Gasteiger partial charge in [0.15, 0.2) is 5.96 Å². The highest BCUT2D eigenvalue weighted by Gasteiger charge is 2.07. The Bertz CT molecular complexity index is 720. The number of aliphatic imine (C=N–C) groups is 1. The van der Waals surface area contributed by atoms with Crippen molar-refractivity contribution < 1.29 is 0 Å². The van der Waals surface area contributed by atoms with Crippen molar-refractivity contribution in [1.82, 2.24) is 15.6 Å². The fourth-order valence-electron chi connectivity index (χ4n) is 2.57. The molecule has 0 fully saturated rings. The lowest BCUT2D eigenvalue weighted by Crippen LogP contribution is -2.38. The van der Waals surface area contributed by atoms with Crippen molar-refractivity contribution >= 4 is 47.0 Å². The smallest absolute Gasteiger partial charge is 0.191 e. The first-order valence-electron chi connectivity index (χ1n) is 8.55. The van der Waals surface area contributed by atoms with E-state index < -0.39 is 0 Å². The molecular formula is C19H30IN5S. The molecule has 0 radical (unpaired) electrons. The molecule has 0 aliphatic heterocycles. The first-order chi connectivity index (χ1) is 11.9. The van der Waals surface area contributed by atoms with Gasteiger partial charge in [-0.25, -0.2) is 4.98 Å². The van der Waals surface area contributed by atoms with Crippen molar-refractivity contribution in [3.05, 3.63) is 44.9 Å². The molecule has 2 aromatic rings. The minimum atomic E-state index is 0. The Hall–Kier alpha value is -1.35. The maximum atomic E-state index is 4.58. The number of halogens is 1. The number of nitrogens with one attached hydrogen (secondary N) is 2. The van der Waals surface area contributed by atoms with Crippen LogP contribution < -0.4 is 15.5 Å². The van der Waals surface area contributed by atoms with Crippen LogP contribution in [0.1, 0.15) is 26.7 Å². The van der Waals surface area contributed by atoms with Crippen LogP contribution in [0.4, 0.5) is 5.69 Å². The third-order valence-electron chi connectivity index (χ3n) is 4.10. The summed E-state index contributed by atoms with van der Waals surface area (Å²) in [5.41, 5.74) is 4.89. The monoisotopic (exact) mass is 487 g/mol. The van der Waals surface area contributed by atoms with Crippen LogP contribution in [0, 0.1) is 20.8 Å². The van der Waals surface area contributed by atoms with E-state index >= 15 is 0 Å². The van der Waals surface area contributed by atoms with E-state index in [4.69, 9.17) is 0 Å². The highest BCUT2D eigenvalue weighted by Crippen LogP contribution is 2.20. The number of aryl methyl sites for hydroxylation is 3. The maximum Gasteiger partial charge on any atom is 0.191 e. The molecule has 2 rings (SSSR count). The Balaban J connectivity index is 0.00000338. The van der Waals surface area contributed by atoms with E-state index in [2.05, 4.69) is 78.6 Å². The van der Waals surface area contributed by atoms with E-state index in [9.17, 15) is 0 Å². The second-order valence-electron chi connectivity index (χ2n) is 6.38. The Morgan fingerprint density at radius 1 is 1.19 bits per heavy atom. The van der Waals surface area contributed by atoms with Gasteiger partial charge in [0.05, 0.1) is 10.7 Å². The maximum absolute atomic E-state index is 4.58. The molecule has 0 amide bonds. The van der Waals surface area contributed by atoms with E-state index in [0.29, 0.717) is 0 Å². The largest absolute Gasteiger partial charge is 0.377 e. The first kappa shape index (κ1) is 22.7. The third-order valence-corrected chi connectivity index (χ3v) is 5.23. The van der Waals surface area contributed by atoms with Crippen molar-refractivity contribution in [1.29, 1.82) is 0 Å². The molecule has 1 aromatic carbocycles. The van der Waals surface area contributed by atoms with Crippen LogP contribution in [0.25, 0.3) is 0 Å². The summed E-state index contributed by atoms with van der Waals surface area (Å²) in [6.45, 7) is 7.86. The number of hydrogen-bond donors (Lipinski definition) is 2. The Labute approximate surface area is 178 Å². The number of thiazole rings is 1. The molecule has 144 valence electrons. The van der Waals surface area contributed by atoms with Crippen LogP contribution in [0.5, 0.6) is 0 Å². The molecule has 0 aliphatic rings. The van der Waals surface area contributed by atoms with Crippen LogP contribution in [-0.4, -0.2) is 38.6 Å². The van der Waals surface area contributed by atoms with E-state index in [0.717, 1.165) is 31.2 Å². The Kier molecular flexibility index (Phi) is 9.35. The van der Waals surface area contributed by atoms with Crippen LogP contribution >= 0.6 is 35.3 Å². The van der Waals surface area contributed by atoms with Crippen LogP contribution in [0.3, 0.4) is 0 Å². The predicted molar refractivity (Wildman–Crippen MR) is 124 cm³/mol. The summed E-state index contributed by atoms with van der Waals surface area (Å²) in [6, 6.07) is 6.53. The molecule has 0 unspecified atom stereocenters. The molecule has 7 heteroatoms. The van der Waals surface area contributed by atoms with Gasteiger partial charge in [0, 0.05) is 51.2 Å². The van der Waals surface area contributed by atoms with E-state index in [1.54, 1.807) is 18.4 Å². The zero-order chi connectivity index (χ0) is 18.4. The second-order valence-corrected chi connectivity index (χ2v) is 7.67. The van der Waals surface area contributed by atoms with Crippen molar-refractivity contribution in [2.75, 3.05) is 32.6 Å². The zero-order valence-corrected chi connectivity index (χ0v) is 19.7. The SMILES string of the molecule is CN=C(NCCc1nc(C)c(C)s1)NCc1ccc(C)cc1N(C)C.I. The van der Waals surface area contributed by atoms with Gasteiger partial charge in [0.2, 0.25) is 0 Å². The van der Waals surface area contributed by atoms with Gasteiger partial charge >= 0.3 is 0 Å². The molecule has 5 nitrogen and oxygen atoms in total. The molecule has 0 atom stereocenters. The Morgan fingerprint density at radius 3 is 2.50 bits per heavy atom. The summed E-state index contributed by atoms with van der Waals surface area (Å²) in [7, 11) is 5.95. The summed E-state index contributed by atoms with van der Waals surface area (Å²) >= 11 is 1.77. The topological polar surface area (TPSA) is 52.6 Å². The van der Waals surface area contributed by atoms with Gasteiger partial charge in [-0.1, -0.05) is 12.1 Å². The number of guanidine groups is 1. The first-order valence-corrected chi connectivity index (χ1v) is 9.36. The fraction of sp³-hybridized carbons (Fsp3) is 0.474. The number of hydrogen-bond acceptors (Lipinski definition) is 4. The van der Waals surface area contributed by atoms with Crippen molar-refractivity contribution in [2.24, 2.45) is 4.99 Å². The highest BCUT2D eigenvalue weighted by molar-refractivity contribution is 14.0. The molecule has 1 aromatic heterocycles. The third kappa shape index (κ3) is 6.42. The van der Waals surface area contributed by atoms with Gasteiger partial charge in [0.25, 0.3) is 0 Å². The molecule has 0 saturated heterocycles. The average Bonchev–Trinajstić information content (AvgIpc) is 2.89. The summed E-state index contributed by atoms with van der Waals surface area (Å²) in [5.74, 6) is 0.815. The lowest BCUT2D eigenvalue weighted by atomic mass is 10.1. The van der Waals surface area contributed by atoms with Gasteiger partial charge in [0.1, 0.15) is 0 Å². The fourth-order valence-corrected chi connectivity index (χ4v) is 3.51. The minimum absolute atomic E-state index is 0. The summed E-state index contributed by atoms with van der Waals surface area (Å²) in [4.78, 5) is 12.3. The molecule has 0 spiro atoms. The van der Waals surface area contributed by atoms with E-state index in [1.807, 2.05) is 0 Å². The lowest BCUT2D eigenvalue weighted by Gasteiger charge is -2.19. The Morgan fingerprint density at radius 2 is 1.92 bits per heavy atom. The number of aromatic nitrogens is 1. The average molecular weight is 487 g/mol.